The van der Waals surface area contributed by atoms with Crippen LogP contribution in [0, 0.1) is 5.82 Å². The molecule has 1 heterocycles. The van der Waals surface area contributed by atoms with Crippen molar-refractivity contribution in [1.82, 2.24) is 4.90 Å². The fourth-order valence-corrected chi connectivity index (χ4v) is 3.24. The quantitative estimate of drug-likeness (QED) is 0.835. The zero-order chi connectivity index (χ0) is 18.5. The minimum Gasteiger partial charge on any atom is -0.508 e. The number of hydrogen-bond donors (Lipinski definition) is 2. The van der Waals surface area contributed by atoms with Gasteiger partial charge in [-0.2, -0.15) is 0 Å². The number of nitrogens with zero attached hydrogens (tertiary/aromatic N) is 2. The topological polar surface area (TPSA) is 48.2 Å². The third-order valence-corrected chi connectivity index (χ3v) is 4.88. The molecule has 1 aliphatic heterocycles. The Morgan fingerprint density at radius 2 is 1.81 bits per heavy atom. The monoisotopic (exact) mass is 358 g/mol. The number of rotatable bonds is 5. The molecule has 1 fully saturated rings. The van der Waals surface area contributed by atoms with Crippen molar-refractivity contribution < 1.29 is 19.2 Å². The average molecular weight is 358 g/mol. The van der Waals surface area contributed by atoms with Gasteiger partial charge in [-0.25, -0.2) is 4.39 Å². The molecule has 1 saturated heterocycles. The molecule has 0 aliphatic carbocycles. The van der Waals surface area contributed by atoms with Crippen LogP contribution in [0.1, 0.15) is 5.56 Å². The highest BCUT2D eigenvalue weighted by Crippen LogP contribution is 2.18. The molecule has 0 radical (unpaired) electrons. The van der Waals surface area contributed by atoms with Gasteiger partial charge in [0.1, 0.15) is 11.6 Å². The molecular weight excluding hydrogens is 333 g/mol. The Kier molecular flexibility index (Phi) is 5.73. The number of benzene rings is 2. The first-order valence-corrected chi connectivity index (χ1v) is 8.88. The van der Waals surface area contributed by atoms with Gasteiger partial charge in [0.05, 0.1) is 26.2 Å². The van der Waals surface area contributed by atoms with Crippen LogP contribution < -0.4 is 9.80 Å². The summed E-state index contributed by atoms with van der Waals surface area (Å²) in [4.78, 5) is 17.6. The second kappa shape index (κ2) is 8.19. The fourth-order valence-electron chi connectivity index (χ4n) is 3.24. The van der Waals surface area contributed by atoms with Gasteiger partial charge in [-0.15, -0.1) is 0 Å². The van der Waals surface area contributed by atoms with Gasteiger partial charge in [-0.3, -0.25) is 4.79 Å². The number of phenols is 1. The molecule has 138 valence electrons. The van der Waals surface area contributed by atoms with Crippen LogP contribution in [0.5, 0.6) is 5.75 Å². The molecule has 0 saturated carbocycles. The second-order valence-electron chi connectivity index (χ2n) is 6.77. The van der Waals surface area contributed by atoms with Crippen LogP contribution in [0.25, 0.3) is 0 Å². The first kappa shape index (κ1) is 18.2. The highest BCUT2D eigenvalue weighted by atomic mass is 19.1. The van der Waals surface area contributed by atoms with Crippen LogP contribution in [0.2, 0.25) is 0 Å². The lowest BCUT2D eigenvalue weighted by molar-refractivity contribution is -0.892. The van der Waals surface area contributed by atoms with E-state index in [1.54, 1.807) is 42.3 Å². The van der Waals surface area contributed by atoms with E-state index in [4.69, 9.17) is 0 Å². The molecule has 0 atom stereocenters. The lowest BCUT2D eigenvalue weighted by Gasteiger charge is -2.34. The van der Waals surface area contributed by atoms with Gasteiger partial charge in [0.15, 0.2) is 6.54 Å². The van der Waals surface area contributed by atoms with Crippen molar-refractivity contribution >= 4 is 11.6 Å². The molecule has 6 heteroatoms. The average Bonchev–Trinajstić information content (AvgIpc) is 2.65. The van der Waals surface area contributed by atoms with Gasteiger partial charge in [-0.05, 0) is 30.3 Å². The van der Waals surface area contributed by atoms with Gasteiger partial charge >= 0.3 is 0 Å². The smallest absolute Gasteiger partial charge is 0.277 e. The maximum atomic E-state index is 13.7. The normalized spacial score (nSPS) is 15.1. The van der Waals surface area contributed by atoms with E-state index in [0.29, 0.717) is 18.7 Å². The number of carbonyl (C=O) groups excluding carboxylic acids is 1. The Morgan fingerprint density at radius 1 is 1.15 bits per heavy atom. The lowest BCUT2D eigenvalue weighted by Crippen LogP contribution is -3.15. The SMILES string of the molecule is CN(Cc1ccccc1F)C(=O)C[NH+]1CCN(c2ccc(O)cc2)CC1. The van der Waals surface area contributed by atoms with Gasteiger partial charge < -0.3 is 19.8 Å². The van der Waals surface area contributed by atoms with E-state index in [9.17, 15) is 14.3 Å². The van der Waals surface area contributed by atoms with Crippen LogP contribution in [-0.4, -0.2) is 55.7 Å². The van der Waals surface area contributed by atoms with Crippen molar-refractivity contribution in [1.29, 1.82) is 0 Å². The van der Waals surface area contributed by atoms with Crippen molar-refractivity contribution in [2.75, 3.05) is 44.7 Å². The Labute approximate surface area is 153 Å². The number of nitrogens with one attached hydrogen (secondary N) is 1. The number of amides is 1. The number of piperazine rings is 1. The minimum atomic E-state index is -0.276. The van der Waals surface area contributed by atoms with Crippen molar-refractivity contribution in [2.45, 2.75) is 6.54 Å². The number of quaternary nitrogens is 1. The van der Waals surface area contributed by atoms with E-state index in [1.807, 2.05) is 12.1 Å². The maximum Gasteiger partial charge on any atom is 0.277 e. The number of likely N-dealkylation sites (N-methyl/N-ethyl adjacent to an activating group) is 1. The number of halogens is 1. The first-order valence-electron chi connectivity index (χ1n) is 8.88. The molecule has 5 nitrogen and oxygen atoms in total. The Hall–Kier alpha value is -2.60. The summed E-state index contributed by atoms with van der Waals surface area (Å²) >= 11 is 0. The number of anilines is 1. The zero-order valence-electron chi connectivity index (χ0n) is 15.0. The summed E-state index contributed by atoms with van der Waals surface area (Å²) in [5.41, 5.74) is 1.63. The molecule has 1 aliphatic rings. The van der Waals surface area contributed by atoms with Crippen LogP contribution in [0.4, 0.5) is 10.1 Å². The first-order chi connectivity index (χ1) is 12.5. The van der Waals surface area contributed by atoms with Gasteiger partial charge in [0.2, 0.25) is 0 Å². The van der Waals surface area contributed by atoms with Crippen molar-refractivity contribution in [3.63, 3.8) is 0 Å². The summed E-state index contributed by atoms with van der Waals surface area (Å²) in [6.07, 6.45) is 0. The fraction of sp³-hybridized carbons (Fsp3) is 0.350. The number of phenolic OH excluding ortho intramolecular Hbond substituents is 1. The summed E-state index contributed by atoms with van der Waals surface area (Å²) in [6, 6.07) is 13.8. The molecule has 2 aromatic carbocycles. The number of carbonyl (C=O) groups is 1. The number of aromatic hydroxyl groups is 1. The number of hydrogen-bond acceptors (Lipinski definition) is 3. The summed E-state index contributed by atoms with van der Waals surface area (Å²) in [7, 11) is 1.72. The van der Waals surface area contributed by atoms with E-state index < -0.39 is 0 Å². The molecule has 0 spiro atoms. The predicted molar refractivity (Wildman–Crippen MR) is 98.8 cm³/mol. The lowest BCUT2D eigenvalue weighted by atomic mass is 10.2. The molecule has 0 bridgehead atoms. The molecular formula is C20H25FN3O2+. The van der Waals surface area contributed by atoms with Crippen LogP contribution in [0.3, 0.4) is 0 Å². The van der Waals surface area contributed by atoms with Gasteiger partial charge in [-0.1, -0.05) is 18.2 Å². The predicted octanol–water partition coefficient (Wildman–Crippen LogP) is 0.895. The van der Waals surface area contributed by atoms with Crippen LogP contribution in [-0.2, 0) is 11.3 Å². The Morgan fingerprint density at radius 3 is 2.46 bits per heavy atom. The van der Waals surface area contributed by atoms with Crippen molar-refractivity contribution in [2.24, 2.45) is 0 Å². The standard InChI is InChI=1S/C20H24FN3O2/c1-22(14-16-4-2-3-5-19(16)21)20(26)15-23-10-12-24(13-11-23)17-6-8-18(25)9-7-17/h2-9,25H,10-15H2,1H3/p+1. The summed E-state index contributed by atoms with van der Waals surface area (Å²) in [5.74, 6) is 0.0184. The van der Waals surface area contributed by atoms with Crippen molar-refractivity contribution in [3.8, 4) is 5.75 Å². The van der Waals surface area contributed by atoms with E-state index >= 15 is 0 Å². The highest BCUT2D eigenvalue weighted by molar-refractivity contribution is 5.76. The molecule has 26 heavy (non-hydrogen) atoms. The van der Waals surface area contributed by atoms with E-state index in [-0.39, 0.29) is 17.5 Å². The third kappa shape index (κ3) is 4.52. The molecule has 2 aromatic rings. The van der Waals surface area contributed by atoms with E-state index in [0.717, 1.165) is 31.9 Å². The highest BCUT2D eigenvalue weighted by Gasteiger charge is 2.24. The van der Waals surface area contributed by atoms with Crippen LogP contribution >= 0.6 is 0 Å². The Bertz CT molecular complexity index is 743. The second-order valence-corrected chi connectivity index (χ2v) is 6.77. The van der Waals surface area contributed by atoms with Crippen LogP contribution in [0.15, 0.2) is 48.5 Å². The molecule has 0 unspecified atom stereocenters. The molecule has 0 aromatic heterocycles. The largest absolute Gasteiger partial charge is 0.508 e. The molecule has 1 amide bonds. The van der Waals surface area contributed by atoms with Gasteiger partial charge in [0.25, 0.3) is 5.91 Å². The molecule has 3 rings (SSSR count). The summed E-state index contributed by atoms with van der Waals surface area (Å²) in [6.45, 7) is 4.20. The maximum absolute atomic E-state index is 13.7. The van der Waals surface area contributed by atoms with Crippen molar-refractivity contribution in [3.05, 3.63) is 59.9 Å². The summed E-state index contributed by atoms with van der Waals surface area (Å²) in [5, 5.41) is 9.38. The zero-order valence-corrected chi connectivity index (χ0v) is 15.0. The van der Waals surface area contributed by atoms with E-state index in [2.05, 4.69) is 4.90 Å². The summed E-state index contributed by atoms with van der Waals surface area (Å²) < 4.78 is 13.7. The van der Waals surface area contributed by atoms with E-state index in [1.165, 1.54) is 11.0 Å². The minimum absolute atomic E-state index is 0.0290. The van der Waals surface area contributed by atoms with Gasteiger partial charge in [0, 0.05) is 24.8 Å². The third-order valence-electron chi connectivity index (χ3n) is 4.88. The Balaban J connectivity index is 1.48. The molecule has 2 N–H and O–H groups in total.